The first kappa shape index (κ1) is 22.7. The number of benzene rings is 2. The van der Waals surface area contributed by atoms with Crippen LogP contribution in [0.15, 0.2) is 42.5 Å². The number of aromatic hydroxyl groups is 1. The minimum absolute atomic E-state index is 0.0604. The molecule has 0 saturated heterocycles. The molecule has 0 spiro atoms. The fraction of sp³-hybridized carbons (Fsp3) is 0.333. The molecule has 1 aliphatic rings. The monoisotopic (exact) mass is 461 g/mol. The van der Waals surface area contributed by atoms with Gasteiger partial charge in [-0.25, -0.2) is 0 Å². The third-order valence-electron chi connectivity index (χ3n) is 6.21. The van der Waals surface area contributed by atoms with Crippen molar-refractivity contribution in [3.8, 4) is 11.5 Å². The lowest BCUT2D eigenvalue weighted by Gasteiger charge is -2.28. The molecule has 174 valence electrons. The van der Waals surface area contributed by atoms with Gasteiger partial charge < -0.3 is 14.9 Å². The Morgan fingerprint density at radius 2 is 1.82 bits per heavy atom. The van der Waals surface area contributed by atoms with E-state index in [0.29, 0.717) is 28.6 Å². The summed E-state index contributed by atoms with van der Waals surface area (Å²) in [7, 11) is 0. The fourth-order valence-corrected chi connectivity index (χ4v) is 4.46. The Bertz CT molecular complexity index is 1210. The topological polar surface area (TPSA) is 88.8 Å². The molecule has 2 aromatic carbocycles. The van der Waals surface area contributed by atoms with Crippen LogP contribution in [0.4, 0.5) is 13.2 Å². The smallest absolute Gasteiger partial charge is 0.508 e. The molecule has 0 aliphatic heterocycles. The summed E-state index contributed by atoms with van der Waals surface area (Å²) in [5, 5.41) is 20.5. The molecule has 3 aromatic rings. The molecule has 6 nitrogen and oxygen atoms in total. The summed E-state index contributed by atoms with van der Waals surface area (Å²) in [6.45, 7) is 1.64. The Morgan fingerprint density at radius 1 is 1.15 bits per heavy atom. The number of carbonyl (C=O) groups excluding carboxylic acids is 1. The first-order chi connectivity index (χ1) is 15.5. The number of nitrogens with zero attached hydrogens (tertiary/aromatic N) is 1. The summed E-state index contributed by atoms with van der Waals surface area (Å²) in [6.07, 6.45) is -1.44. The highest BCUT2D eigenvalue weighted by Crippen LogP contribution is 2.41. The van der Waals surface area contributed by atoms with Crippen LogP contribution in [0.5, 0.6) is 11.5 Å². The number of carbonyl (C=O) groups is 2. The number of alkyl halides is 3. The molecule has 0 bridgehead atoms. The highest BCUT2D eigenvalue weighted by molar-refractivity contribution is 6.05. The average molecular weight is 461 g/mol. The second kappa shape index (κ2) is 8.46. The first-order valence-electron chi connectivity index (χ1n) is 10.5. The molecular weight excluding hydrogens is 439 g/mol. The van der Waals surface area contributed by atoms with Crippen molar-refractivity contribution in [2.45, 2.75) is 44.9 Å². The van der Waals surface area contributed by atoms with Gasteiger partial charge in [-0.3, -0.25) is 14.2 Å². The van der Waals surface area contributed by atoms with Crippen LogP contribution in [0.2, 0.25) is 0 Å². The zero-order valence-electron chi connectivity index (χ0n) is 17.7. The molecule has 9 heteroatoms. The maximum Gasteiger partial charge on any atom is 0.573 e. The molecule has 0 radical (unpaired) electrons. The van der Waals surface area contributed by atoms with Crippen LogP contribution in [-0.4, -0.2) is 33.0 Å². The summed E-state index contributed by atoms with van der Waals surface area (Å²) in [4.78, 5) is 25.5. The van der Waals surface area contributed by atoms with Crippen LogP contribution in [0.1, 0.15) is 53.2 Å². The third-order valence-corrected chi connectivity index (χ3v) is 6.21. The van der Waals surface area contributed by atoms with E-state index in [0.717, 1.165) is 31.4 Å². The van der Waals surface area contributed by atoms with E-state index < -0.39 is 29.9 Å². The first-order valence-corrected chi connectivity index (χ1v) is 10.5. The Labute approximate surface area is 187 Å². The predicted octanol–water partition coefficient (Wildman–Crippen LogP) is 5.60. The number of halogens is 3. The fourth-order valence-electron chi connectivity index (χ4n) is 4.46. The number of aliphatic carboxylic acids is 1. The van der Waals surface area contributed by atoms with Gasteiger partial charge in [-0.1, -0.05) is 19.3 Å². The molecule has 1 aliphatic carbocycles. The average Bonchev–Trinajstić information content (AvgIpc) is 2.97. The molecule has 0 amide bonds. The van der Waals surface area contributed by atoms with Gasteiger partial charge in [0.25, 0.3) is 5.91 Å². The molecule has 1 aromatic heterocycles. The maximum absolute atomic E-state index is 13.3. The van der Waals surface area contributed by atoms with E-state index in [1.54, 1.807) is 6.92 Å². The van der Waals surface area contributed by atoms with Gasteiger partial charge in [0.1, 0.15) is 11.5 Å². The van der Waals surface area contributed by atoms with Crippen LogP contribution >= 0.6 is 0 Å². The zero-order valence-corrected chi connectivity index (χ0v) is 17.7. The highest BCUT2D eigenvalue weighted by Gasteiger charge is 2.33. The van der Waals surface area contributed by atoms with Crippen molar-refractivity contribution in [2.24, 2.45) is 5.92 Å². The minimum Gasteiger partial charge on any atom is -0.508 e. The van der Waals surface area contributed by atoms with Crippen molar-refractivity contribution < 1.29 is 37.7 Å². The number of carboxylic acids is 1. The number of hydrogen-bond acceptors (Lipinski definition) is 4. The molecule has 33 heavy (non-hydrogen) atoms. The normalized spacial score (nSPS) is 15.3. The molecule has 4 rings (SSSR count). The number of phenols is 1. The van der Waals surface area contributed by atoms with Gasteiger partial charge in [-0.2, -0.15) is 0 Å². The standard InChI is InChI=1S/C24H22F3NO5/c1-13-21(19(23(31)32)11-14-3-2-4-14)18-12-16(29)7-10-20(18)28(13)22(30)15-5-8-17(9-6-15)33-24(25,26)27/h5-10,12,14,19,29H,2-4,11H2,1H3,(H,31,32)/t19-/m0/s1. The SMILES string of the molecule is Cc1c([C@H](CC2CCC2)C(=O)O)c2cc(O)ccc2n1C(=O)c1ccc(OC(F)(F)F)cc1. The van der Waals surface area contributed by atoms with Crippen molar-refractivity contribution in [1.29, 1.82) is 0 Å². The number of fused-ring (bicyclic) bond motifs is 1. The quantitative estimate of drug-likeness (QED) is 0.499. The molecule has 1 heterocycles. The molecule has 1 fully saturated rings. The van der Waals surface area contributed by atoms with Crippen LogP contribution in [0, 0.1) is 12.8 Å². The molecule has 1 atom stereocenters. The zero-order chi connectivity index (χ0) is 23.9. The maximum atomic E-state index is 13.3. The number of hydrogen-bond donors (Lipinski definition) is 2. The summed E-state index contributed by atoms with van der Waals surface area (Å²) < 4.78 is 42.5. The molecular formula is C24H22F3NO5. The van der Waals surface area contributed by atoms with E-state index >= 15 is 0 Å². The Kier molecular flexibility index (Phi) is 5.82. The predicted molar refractivity (Wildman–Crippen MR) is 114 cm³/mol. The number of rotatable bonds is 6. The second-order valence-electron chi connectivity index (χ2n) is 8.34. The van der Waals surface area contributed by atoms with E-state index in [1.165, 1.54) is 34.9 Å². The van der Waals surface area contributed by atoms with Crippen molar-refractivity contribution in [3.05, 3.63) is 59.3 Å². The summed E-state index contributed by atoms with van der Waals surface area (Å²) in [5.41, 5.74) is 1.41. The lowest BCUT2D eigenvalue weighted by atomic mass is 9.77. The van der Waals surface area contributed by atoms with E-state index in [1.807, 2.05) is 0 Å². The Hall–Kier alpha value is -3.49. The lowest BCUT2D eigenvalue weighted by molar-refractivity contribution is -0.274. The number of ether oxygens (including phenoxy) is 1. The van der Waals surface area contributed by atoms with E-state index in [9.17, 15) is 33.0 Å². The van der Waals surface area contributed by atoms with Gasteiger partial charge in [0.2, 0.25) is 0 Å². The van der Waals surface area contributed by atoms with Crippen molar-refractivity contribution in [2.75, 3.05) is 0 Å². The largest absolute Gasteiger partial charge is 0.573 e. The van der Waals surface area contributed by atoms with E-state index in [-0.39, 0.29) is 17.2 Å². The Morgan fingerprint density at radius 3 is 2.36 bits per heavy atom. The van der Waals surface area contributed by atoms with E-state index in [4.69, 9.17) is 0 Å². The summed E-state index contributed by atoms with van der Waals surface area (Å²) in [5.74, 6) is -2.61. The highest BCUT2D eigenvalue weighted by atomic mass is 19.4. The van der Waals surface area contributed by atoms with Crippen LogP contribution in [0.3, 0.4) is 0 Å². The van der Waals surface area contributed by atoms with Gasteiger partial charge in [0.05, 0.1) is 11.4 Å². The Balaban J connectivity index is 1.78. The summed E-state index contributed by atoms with van der Waals surface area (Å²) in [6, 6.07) is 8.91. The van der Waals surface area contributed by atoms with Gasteiger partial charge >= 0.3 is 12.3 Å². The molecule has 2 N–H and O–H groups in total. The molecule has 0 unspecified atom stereocenters. The van der Waals surface area contributed by atoms with Crippen LogP contribution in [0.25, 0.3) is 10.9 Å². The van der Waals surface area contributed by atoms with E-state index in [2.05, 4.69) is 4.74 Å². The third kappa shape index (κ3) is 4.53. The van der Waals surface area contributed by atoms with Gasteiger partial charge in [0.15, 0.2) is 0 Å². The minimum atomic E-state index is -4.85. The van der Waals surface area contributed by atoms with Gasteiger partial charge in [-0.05, 0) is 67.3 Å². The lowest BCUT2D eigenvalue weighted by Crippen LogP contribution is -2.21. The molecule has 1 saturated carbocycles. The van der Waals surface area contributed by atoms with Crippen LogP contribution < -0.4 is 4.74 Å². The van der Waals surface area contributed by atoms with Crippen molar-refractivity contribution in [1.82, 2.24) is 4.57 Å². The van der Waals surface area contributed by atoms with Gasteiger partial charge in [-0.15, -0.1) is 13.2 Å². The number of carboxylic acid groups (broad SMARTS) is 1. The van der Waals surface area contributed by atoms with Gasteiger partial charge in [0, 0.05) is 16.6 Å². The van der Waals surface area contributed by atoms with Crippen LogP contribution in [-0.2, 0) is 4.79 Å². The van der Waals surface area contributed by atoms with Crippen molar-refractivity contribution in [3.63, 3.8) is 0 Å². The number of aromatic nitrogens is 1. The second-order valence-corrected chi connectivity index (χ2v) is 8.34. The number of phenolic OH excluding ortho intramolecular Hbond substituents is 1. The van der Waals surface area contributed by atoms with Crippen molar-refractivity contribution >= 4 is 22.8 Å². The summed E-state index contributed by atoms with van der Waals surface area (Å²) >= 11 is 0.